The summed E-state index contributed by atoms with van der Waals surface area (Å²) in [5, 5.41) is 0. The van der Waals surface area contributed by atoms with Crippen LogP contribution in [-0.4, -0.2) is 5.78 Å². The number of hydrogen-bond acceptors (Lipinski definition) is 1. The summed E-state index contributed by atoms with van der Waals surface area (Å²) in [6.45, 7) is 4.46. The van der Waals surface area contributed by atoms with Crippen LogP contribution in [0, 0.1) is 5.92 Å². The predicted octanol–water partition coefficient (Wildman–Crippen LogP) is 7.73. The van der Waals surface area contributed by atoms with Crippen LogP contribution >= 0.6 is 0 Å². The first kappa shape index (κ1) is 20.8. The Morgan fingerprint density at radius 2 is 1.43 bits per heavy atom. The van der Waals surface area contributed by atoms with E-state index in [9.17, 15) is 4.79 Å². The Kier molecular flexibility index (Phi) is 7.89. The molecule has 0 aliphatic heterocycles. The van der Waals surface area contributed by atoms with E-state index in [1.165, 1.54) is 67.2 Å². The summed E-state index contributed by atoms with van der Waals surface area (Å²) in [6.07, 6.45) is 12.0. The molecule has 0 unspecified atom stereocenters. The highest BCUT2D eigenvalue weighted by atomic mass is 16.1. The minimum absolute atomic E-state index is 0.118. The van der Waals surface area contributed by atoms with Crippen LogP contribution in [0.3, 0.4) is 0 Å². The first-order valence-corrected chi connectivity index (χ1v) is 11.4. The number of unbranched alkanes of at least 4 members (excludes halogenated alkanes) is 4. The van der Waals surface area contributed by atoms with E-state index in [1.807, 2.05) is 0 Å². The molecule has 28 heavy (non-hydrogen) atoms. The number of carbonyl (C=O) groups excluding carboxylic acids is 1. The average molecular weight is 377 g/mol. The number of Topliss-reactive ketones (excluding diaryl/α,β-unsaturated/α-hetero) is 1. The number of aryl methyl sites for hydroxylation is 1. The van der Waals surface area contributed by atoms with Crippen LogP contribution in [0.25, 0.3) is 11.1 Å². The molecule has 1 heteroatoms. The third-order valence-corrected chi connectivity index (χ3v) is 6.49. The SMILES string of the molecule is CCCCCCCc1ccc(-c2ccc([C@@H]3CC[C@@H](CC)CC3=O)cc2)cc1. The van der Waals surface area contributed by atoms with Gasteiger partial charge in [0, 0.05) is 12.3 Å². The van der Waals surface area contributed by atoms with Gasteiger partial charge in [-0.2, -0.15) is 0 Å². The van der Waals surface area contributed by atoms with E-state index in [4.69, 9.17) is 0 Å². The molecule has 3 rings (SSSR count). The Bertz CT molecular complexity index is 726. The van der Waals surface area contributed by atoms with Gasteiger partial charge >= 0.3 is 0 Å². The van der Waals surface area contributed by atoms with Crippen molar-refractivity contribution in [3.63, 3.8) is 0 Å². The zero-order chi connectivity index (χ0) is 19.8. The molecule has 0 saturated heterocycles. The Labute approximate surface area is 171 Å². The molecule has 0 bridgehead atoms. The highest BCUT2D eigenvalue weighted by Gasteiger charge is 2.28. The van der Waals surface area contributed by atoms with Crippen LogP contribution in [-0.2, 0) is 11.2 Å². The summed E-state index contributed by atoms with van der Waals surface area (Å²) < 4.78 is 0. The van der Waals surface area contributed by atoms with Crippen LogP contribution in [0.1, 0.15) is 88.7 Å². The molecule has 0 spiro atoms. The normalized spacial score (nSPS) is 19.7. The number of hydrogen-bond donors (Lipinski definition) is 0. The van der Waals surface area contributed by atoms with E-state index in [0.717, 1.165) is 19.3 Å². The van der Waals surface area contributed by atoms with Gasteiger partial charge in [-0.05, 0) is 53.9 Å². The largest absolute Gasteiger partial charge is 0.299 e. The molecule has 1 saturated carbocycles. The van der Waals surface area contributed by atoms with E-state index in [-0.39, 0.29) is 5.92 Å². The fourth-order valence-corrected chi connectivity index (χ4v) is 4.50. The number of benzene rings is 2. The maximum Gasteiger partial charge on any atom is 0.140 e. The van der Waals surface area contributed by atoms with Crippen molar-refractivity contribution in [2.75, 3.05) is 0 Å². The van der Waals surface area contributed by atoms with Crippen LogP contribution in [0.4, 0.5) is 0 Å². The molecule has 2 aromatic rings. The van der Waals surface area contributed by atoms with Crippen molar-refractivity contribution >= 4 is 5.78 Å². The third-order valence-electron chi connectivity index (χ3n) is 6.49. The minimum atomic E-state index is 0.118. The zero-order valence-electron chi connectivity index (χ0n) is 17.8. The summed E-state index contributed by atoms with van der Waals surface area (Å²) in [5.41, 5.74) is 5.15. The summed E-state index contributed by atoms with van der Waals surface area (Å²) >= 11 is 0. The van der Waals surface area contributed by atoms with Crippen molar-refractivity contribution < 1.29 is 4.79 Å². The highest BCUT2D eigenvalue weighted by Crippen LogP contribution is 2.35. The van der Waals surface area contributed by atoms with Crippen molar-refractivity contribution in [3.8, 4) is 11.1 Å². The van der Waals surface area contributed by atoms with Crippen molar-refractivity contribution in [2.45, 2.75) is 84.0 Å². The van der Waals surface area contributed by atoms with E-state index in [0.29, 0.717) is 11.7 Å². The Morgan fingerprint density at radius 3 is 2.04 bits per heavy atom. The van der Waals surface area contributed by atoms with Gasteiger partial charge in [-0.25, -0.2) is 0 Å². The van der Waals surface area contributed by atoms with Gasteiger partial charge in [0.15, 0.2) is 0 Å². The van der Waals surface area contributed by atoms with Gasteiger partial charge < -0.3 is 0 Å². The molecule has 0 aromatic heterocycles. The summed E-state index contributed by atoms with van der Waals surface area (Å²) in [7, 11) is 0. The van der Waals surface area contributed by atoms with E-state index >= 15 is 0 Å². The first-order chi connectivity index (χ1) is 13.7. The second-order valence-corrected chi connectivity index (χ2v) is 8.56. The Hall–Kier alpha value is -1.89. The zero-order valence-corrected chi connectivity index (χ0v) is 17.8. The first-order valence-electron chi connectivity index (χ1n) is 11.4. The Balaban J connectivity index is 1.57. The minimum Gasteiger partial charge on any atom is -0.299 e. The molecule has 0 heterocycles. The van der Waals surface area contributed by atoms with E-state index in [1.54, 1.807) is 0 Å². The molecule has 1 fully saturated rings. The van der Waals surface area contributed by atoms with Crippen molar-refractivity contribution in [3.05, 3.63) is 59.7 Å². The van der Waals surface area contributed by atoms with E-state index < -0.39 is 0 Å². The van der Waals surface area contributed by atoms with E-state index in [2.05, 4.69) is 62.4 Å². The van der Waals surface area contributed by atoms with Gasteiger partial charge in [0.1, 0.15) is 5.78 Å². The van der Waals surface area contributed by atoms with Gasteiger partial charge in [-0.1, -0.05) is 94.5 Å². The molecule has 1 nitrogen and oxygen atoms in total. The van der Waals surface area contributed by atoms with Gasteiger partial charge in [-0.3, -0.25) is 4.79 Å². The maximum atomic E-state index is 12.5. The molecule has 1 aliphatic carbocycles. The number of carbonyl (C=O) groups is 1. The molecule has 150 valence electrons. The average Bonchev–Trinajstić information content (AvgIpc) is 2.74. The van der Waals surface area contributed by atoms with Crippen molar-refractivity contribution in [1.82, 2.24) is 0 Å². The van der Waals surface area contributed by atoms with Crippen LogP contribution in [0.5, 0.6) is 0 Å². The summed E-state index contributed by atoms with van der Waals surface area (Å²) in [4.78, 5) is 12.5. The van der Waals surface area contributed by atoms with Crippen molar-refractivity contribution in [2.24, 2.45) is 5.92 Å². The quantitative estimate of drug-likeness (QED) is 0.409. The Morgan fingerprint density at radius 1 is 0.786 bits per heavy atom. The molecule has 2 aromatic carbocycles. The summed E-state index contributed by atoms with van der Waals surface area (Å²) in [6, 6.07) is 17.8. The lowest BCUT2D eigenvalue weighted by Gasteiger charge is -2.27. The summed E-state index contributed by atoms with van der Waals surface area (Å²) in [5.74, 6) is 1.16. The van der Waals surface area contributed by atoms with Gasteiger partial charge in [0.25, 0.3) is 0 Å². The molecule has 0 amide bonds. The standard InChI is InChI=1S/C27H36O/c1-3-5-6-7-8-9-22-10-13-23(14-11-22)24-15-17-25(18-16-24)26-19-12-21(4-2)20-27(26)28/h10-11,13-18,21,26H,3-9,12,19-20H2,1-2H3/t21-,26+/m1/s1. The smallest absolute Gasteiger partial charge is 0.140 e. The van der Waals surface area contributed by atoms with Gasteiger partial charge in [-0.15, -0.1) is 0 Å². The molecule has 0 N–H and O–H groups in total. The fraction of sp³-hybridized carbons (Fsp3) is 0.519. The lowest BCUT2D eigenvalue weighted by Crippen LogP contribution is -2.23. The highest BCUT2D eigenvalue weighted by molar-refractivity contribution is 5.86. The van der Waals surface area contributed by atoms with Gasteiger partial charge in [0.2, 0.25) is 0 Å². The lowest BCUT2D eigenvalue weighted by molar-refractivity contribution is -0.123. The molecule has 0 radical (unpaired) electrons. The number of rotatable bonds is 9. The second kappa shape index (κ2) is 10.6. The number of ketones is 1. The lowest BCUT2D eigenvalue weighted by atomic mass is 9.77. The van der Waals surface area contributed by atoms with Crippen LogP contribution in [0.15, 0.2) is 48.5 Å². The van der Waals surface area contributed by atoms with Crippen LogP contribution < -0.4 is 0 Å². The molecule has 1 aliphatic rings. The maximum absolute atomic E-state index is 12.5. The third kappa shape index (κ3) is 5.56. The van der Waals surface area contributed by atoms with Crippen molar-refractivity contribution in [1.29, 1.82) is 0 Å². The topological polar surface area (TPSA) is 17.1 Å². The molecular weight excluding hydrogens is 340 g/mol. The van der Waals surface area contributed by atoms with Crippen LogP contribution in [0.2, 0.25) is 0 Å². The monoisotopic (exact) mass is 376 g/mol. The predicted molar refractivity (Wildman–Crippen MR) is 120 cm³/mol. The molecule has 2 atom stereocenters. The second-order valence-electron chi connectivity index (χ2n) is 8.56. The molecular formula is C27H36O. The fourth-order valence-electron chi connectivity index (χ4n) is 4.50. The van der Waals surface area contributed by atoms with Gasteiger partial charge in [0.05, 0.1) is 0 Å².